The van der Waals surface area contributed by atoms with Crippen molar-refractivity contribution >= 4 is 35.0 Å². The molecule has 9 heteroatoms. The third-order valence-electron chi connectivity index (χ3n) is 4.60. The average molecular weight is 457 g/mol. The molecule has 31 heavy (non-hydrogen) atoms. The number of anilines is 1. The van der Waals surface area contributed by atoms with Gasteiger partial charge in [0.15, 0.2) is 11.0 Å². The lowest BCUT2D eigenvalue weighted by atomic mass is 10.2. The Morgan fingerprint density at radius 3 is 2.77 bits per heavy atom. The van der Waals surface area contributed by atoms with Gasteiger partial charge in [-0.15, -0.1) is 10.2 Å². The van der Waals surface area contributed by atoms with Crippen molar-refractivity contribution in [3.8, 4) is 11.4 Å². The van der Waals surface area contributed by atoms with Crippen molar-refractivity contribution in [3.63, 3.8) is 0 Å². The molecule has 2 aromatic heterocycles. The van der Waals surface area contributed by atoms with Crippen molar-refractivity contribution in [2.75, 3.05) is 11.1 Å². The van der Waals surface area contributed by atoms with Gasteiger partial charge in [-0.3, -0.25) is 9.36 Å². The Kier molecular flexibility index (Phi) is 6.39. The molecule has 0 fully saturated rings. The molecule has 0 aliphatic rings. The predicted octanol–water partition coefficient (Wildman–Crippen LogP) is 5.42. The van der Waals surface area contributed by atoms with E-state index in [4.69, 9.17) is 16.0 Å². The Morgan fingerprint density at radius 2 is 2.00 bits per heavy atom. The van der Waals surface area contributed by atoms with Gasteiger partial charge in [0.1, 0.15) is 11.6 Å². The van der Waals surface area contributed by atoms with E-state index in [-0.39, 0.29) is 11.7 Å². The number of halogens is 2. The Morgan fingerprint density at radius 1 is 1.16 bits per heavy atom. The van der Waals surface area contributed by atoms with E-state index >= 15 is 0 Å². The summed E-state index contributed by atoms with van der Waals surface area (Å²) in [6.45, 7) is 2.15. The highest BCUT2D eigenvalue weighted by Gasteiger charge is 2.19. The largest absolute Gasteiger partial charge is 0.467 e. The first-order valence-electron chi connectivity index (χ1n) is 9.41. The lowest BCUT2D eigenvalue weighted by Gasteiger charge is -2.11. The zero-order valence-corrected chi connectivity index (χ0v) is 18.1. The van der Waals surface area contributed by atoms with Gasteiger partial charge in [0.2, 0.25) is 5.91 Å². The van der Waals surface area contributed by atoms with E-state index in [1.165, 1.54) is 17.8 Å². The van der Waals surface area contributed by atoms with Gasteiger partial charge in [-0.25, -0.2) is 4.39 Å². The molecule has 6 nitrogen and oxygen atoms in total. The predicted molar refractivity (Wildman–Crippen MR) is 119 cm³/mol. The van der Waals surface area contributed by atoms with Crippen LogP contribution < -0.4 is 5.32 Å². The smallest absolute Gasteiger partial charge is 0.234 e. The van der Waals surface area contributed by atoms with Crippen molar-refractivity contribution in [3.05, 3.63) is 83.0 Å². The van der Waals surface area contributed by atoms with Gasteiger partial charge in [0.05, 0.1) is 24.1 Å². The van der Waals surface area contributed by atoms with Crippen molar-refractivity contribution in [2.24, 2.45) is 0 Å². The van der Waals surface area contributed by atoms with E-state index in [9.17, 15) is 9.18 Å². The summed E-state index contributed by atoms with van der Waals surface area (Å²) in [6, 6.07) is 15.3. The molecule has 0 bridgehead atoms. The second kappa shape index (κ2) is 9.36. The number of carbonyl (C=O) groups excluding carboxylic acids is 1. The first-order chi connectivity index (χ1) is 15.0. The maximum atomic E-state index is 14.4. The molecule has 0 saturated carbocycles. The number of rotatable bonds is 7. The highest BCUT2D eigenvalue weighted by atomic mass is 35.5. The molecule has 0 saturated heterocycles. The molecule has 1 amide bonds. The van der Waals surface area contributed by atoms with Crippen LogP contribution in [0.1, 0.15) is 11.3 Å². The standard InChI is InChI=1S/C22H18ClFN4O2S/c1-14-17(23)8-4-10-19(14)25-20(29)13-31-22-27-26-21(16-7-2-3-9-18(16)24)28(22)12-15-6-5-11-30-15/h2-11H,12-13H2,1H3,(H,25,29). The summed E-state index contributed by atoms with van der Waals surface area (Å²) in [4.78, 5) is 12.5. The summed E-state index contributed by atoms with van der Waals surface area (Å²) in [6.07, 6.45) is 1.57. The lowest BCUT2D eigenvalue weighted by molar-refractivity contribution is -0.113. The number of hydrogen-bond donors (Lipinski definition) is 1. The molecule has 0 unspecified atom stereocenters. The molecule has 2 heterocycles. The van der Waals surface area contributed by atoms with Crippen molar-refractivity contribution < 1.29 is 13.6 Å². The Bertz CT molecular complexity index is 1210. The van der Waals surface area contributed by atoms with Crippen LogP contribution in [0.2, 0.25) is 5.02 Å². The van der Waals surface area contributed by atoms with Crippen LogP contribution >= 0.6 is 23.4 Å². The highest BCUT2D eigenvalue weighted by Crippen LogP contribution is 2.28. The fraction of sp³-hybridized carbons (Fsp3) is 0.136. The maximum absolute atomic E-state index is 14.4. The Hall–Kier alpha value is -3.10. The van der Waals surface area contributed by atoms with Crippen LogP contribution in [0.5, 0.6) is 0 Å². The fourth-order valence-corrected chi connectivity index (χ4v) is 3.91. The third-order valence-corrected chi connectivity index (χ3v) is 5.98. The monoisotopic (exact) mass is 456 g/mol. The summed E-state index contributed by atoms with van der Waals surface area (Å²) in [5, 5.41) is 12.3. The van der Waals surface area contributed by atoms with Gasteiger partial charge < -0.3 is 9.73 Å². The van der Waals surface area contributed by atoms with Gasteiger partial charge in [-0.2, -0.15) is 0 Å². The zero-order valence-electron chi connectivity index (χ0n) is 16.5. The highest BCUT2D eigenvalue weighted by molar-refractivity contribution is 7.99. The van der Waals surface area contributed by atoms with Crippen LogP contribution in [0.25, 0.3) is 11.4 Å². The van der Waals surface area contributed by atoms with E-state index in [0.29, 0.717) is 39.6 Å². The van der Waals surface area contributed by atoms with E-state index in [1.807, 2.05) is 13.0 Å². The summed E-state index contributed by atoms with van der Waals surface area (Å²) in [7, 11) is 0. The molecular formula is C22H18ClFN4O2S. The summed E-state index contributed by atoms with van der Waals surface area (Å²) in [5.41, 5.74) is 1.78. The van der Waals surface area contributed by atoms with Crippen molar-refractivity contribution in [1.82, 2.24) is 14.8 Å². The quantitative estimate of drug-likeness (QED) is 0.376. The minimum Gasteiger partial charge on any atom is -0.467 e. The first kappa shape index (κ1) is 21.1. The van der Waals surface area contributed by atoms with E-state index in [2.05, 4.69) is 15.5 Å². The third kappa shape index (κ3) is 4.81. The average Bonchev–Trinajstić information content (AvgIpc) is 3.41. The molecule has 2 aromatic carbocycles. The number of amides is 1. The van der Waals surface area contributed by atoms with Crippen molar-refractivity contribution in [1.29, 1.82) is 0 Å². The Balaban J connectivity index is 1.56. The van der Waals surface area contributed by atoms with Gasteiger partial charge in [-0.1, -0.05) is 41.6 Å². The SMILES string of the molecule is Cc1c(Cl)cccc1NC(=O)CSc1nnc(-c2ccccc2F)n1Cc1ccco1. The summed E-state index contributed by atoms with van der Waals surface area (Å²) in [5.74, 6) is 0.512. The van der Waals surface area contributed by atoms with E-state index in [1.54, 1.807) is 53.3 Å². The topological polar surface area (TPSA) is 73.0 Å². The number of aromatic nitrogens is 3. The maximum Gasteiger partial charge on any atom is 0.234 e. The molecule has 0 spiro atoms. The van der Waals surface area contributed by atoms with E-state index < -0.39 is 5.82 Å². The van der Waals surface area contributed by atoms with Crippen LogP contribution in [-0.4, -0.2) is 26.4 Å². The van der Waals surface area contributed by atoms with E-state index in [0.717, 1.165) is 5.56 Å². The van der Waals surface area contributed by atoms with Crippen LogP contribution in [0.3, 0.4) is 0 Å². The van der Waals surface area contributed by atoms with Gasteiger partial charge in [0, 0.05) is 10.7 Å². The second-order valence-corrected chi connectivity index (χ2v) is 8.05. The molecule has 4 rings (SSSR count). The number of nitrogens with one attached hydrogen (secondary N) is 1. The second-order valence-electron chi connectivity index (χ2n) is 6.70. The van der Waals surface area contributed by atoms with Gasteiger partial charge >= 0.3 is 0 Å². The van der Waals surface area contributed by atoms with Gasteiger partial charge in [0.25, 0.3) is 0 Å². The summed E-state index contributed by atoms with van der Waals surface area (Å²) >= 11 is 7.32. The lowest BCUT2D eigenvalue weighted by Crippen LogP contribution is -2.15. The van der Waals surface area contributed by atoms with Crippen LogP contribution in [-0.2, 0) is 11.3 Å². The van der Waals surface area contributed by atoms with Crippen LogP contribution in [0, 0.1) is 12.7 Å². The van der Waals surface area contributed by atoms with Crippen LogP contribution in [0.15, 0.2) is 70.4 Å². The number of hydrogen-bond acceptors (Lipinski definition) is 5. The fourth-order valence-electron chi connectivity index (χ4n) is 3.00. The first-order valence-corrected chi connectivity index (χ1v) is 10.8. The number of carbonyl (C=O) groups is 1. The number of nitrogens with zero attached hydrogens (tertiary/aromatic N) is 3. The van der Waals surface area contributed by atoms with Crippen LogP contribution in [0.4, 0.5) is 10.1 Å². The number of benzene rings is 2. The Labute approximate surface area is 187 Å². The molecule has 0 radical (unpaired) electrons. The molecule has 4 aromatic rings. The number of furan rings is 1. The molecule has 1 N–H and O–H groups in total. The molecular weight excluding hydrogens is 439 g/mol. The zero-order chi connectivity index (χ0) is 21.8. The van der Waals surface area contributed by atoms with Gasteiger partial charge in [-0.05, 0) is 48.9 Å². The minimum atomic E-state index is -0.402. The minimum absolute atomic E-state index is 0.0967. The van der Waals surface area contributed by atoms with Crippen molar-refractivity contribution in [2.45, 2.75) is 18.6 Å². The molecule has 0 atom stereocenters. The summed E-state index contributed by atoms with van der Waals surface area (Å²) < 4.78 is 21.6. The molecule has 0 aliphatic carbocycles. The normalized spacial score (nSPS) is 10.9. The molecule has 0 aliphatic heterocycles. The molecule has 158 valence electrons. The number of thioether (sulfide) groups is 1.